The molecule has 5 heteroatoms. The number of amides is 1. The van der Waals surface area contributed by atoms with Gasteiger partial charge in [0.05, 0.1) is 12.5 Å². The highest BCUT2D eigenvalue weighted by Crippen LogP contribution is 2.30. The van der Waals surface area contributed by atoms with E-state index in [9.17, 15) is 4.79 Å². The molecule has 1 saturated heterocycles. The van der Waals surface area contributed by atoms with Gasteiger partial charge in [0.15, 0.2) is 0 Å². The third-order valence-corrected chi connectivity index (χ3v) is 5.13. The fourth-order valence-electron chi connectivity index (χ4n) is 3.00. The van der Waals surface area contributed by atoms with E-state index in [0.717, 1.165) is 5.75 Å². The van der Waals surface area contributed by atoms with Gasteiger partial charge >= 0.3 is 0 Å². The van der Waals surface area contributed by atoms with Gasteiger partial charge in [-0.3, -0.25) is 4.79 Å². The molecule has 0 saturated carbocycles. The lowest BCUT2D eigenvalue weighted by molar-refractivity contribution is -0.133. The molecule has 2 rings (SSSR count). The molecule has 1 aliphatic rings. The fourth-order valence-corrected chi connectivity index (χ4v) is 3.00. The van der Waals surface area contributed by atoms with Crippen molar-refractivity contribution in [3.8, 4) is 5.75 Å². The van der Waals surface area contributed by atoms with Crippen LogP contribution in [0.5, 0.6) is 5.75 Å². The molecule has 5 nitrogen and oxygen atoms in total. The molecule has 1 aromatic carbocycles. The number of rotatable bonds is 7. The Kier molecular flexibility index (Phi) is 6.02. The van der Waals surface area contributed by atoms with Crippen molar-refractivity contribution in [2.24, 2.45) is 11.1 Å². The maximum atomic E-state index is 11.9. The van der Waals surface area contributed by atoms with Crippen LogP contribution in [0.15, 0.2) is 24.3 Å². The minimum absolute atomic E-state index is 0.224. The van der Waals surface area contributed by atoms with Crippen LogP contribution in [0.3, 0.4) is 0 Å². The van der Waals surface area contributed by atoms with Gasteiger partial charge in [-0.1, -0.05) is 19.1 Å². The average molecular weight is 320 g/mol. The number of nitrogens with two attached hydrogens (primary N) is 1. The first-order valence-corrected chi connectivity index (χ1v) is 8.23. The Morgan fingerprint density at radius 1 is 1.30 bits per heavy atom. The number of methoxy groups -OCH3 is 1. The Morgan fingerprint density at radius 3 is 2.43 bits per heavy atom. The van der Waals surface area contributed by atoms with Gasteiger partial charge in [-0.2, -0.15) is 0 Å². The van der Waals surface area contributed by atoms with Crippen LogP contribution in [-0.2, 0) is 9.53 Å². The van der Waals surface area contributed by atoms with E-state index in [2.05, 4.69) is 31.3 Å². The lowest BCUT2D eigenvalue weighted by Gasteiger charge is -2.36. The number of ether oxygens (including phenoxy) is 2. The first-order chi connectivity index (χ1) is 11.0. The van der Waals surface area contributed by atoms with Gasteiger partial charge < -0.3 is 20.5 Å². The second kappa shape index (κ2) is 7.79. The zero-order valence-corrected chi connectivity index (χ0v) is 14.3. The number of carbonyl (C=O) groups is 1. The number of nitrogens with one attached hydrogen (secondary N) is 1. The van der Waals surface area contributed by atoms with Crippen LogP contribution in [0, 0.1) is 5.41 Å². The Hall–Kier alpha value is -1.59. The molecule has 1 heterocycles. The lowest BCUT2D eigenvalue weighted by Crippen LogP contribution is -2.50. The van der Waals surface area contributed by atoms with Gasteiger partial charge in [0.25, 0.3) is 0 Å². The third kappa shape index (κ3) is 4.24. The number of hydrogen-bond acceptors (Lipinski definition) is 4. The predicted octanol–water partition coefficient (Wildman–Crippen LogP) is 2.06. The van der Waals surface area contributed by atoms with Gasteiger partial charge in [-0.15, -0.1) is 0 Å². The fraction of sp³-hybridized carbons (Fsp3) is 0.611. The van der Waals surface area contributed by atoms with Gasteiger partial charge in [-0.25, -0.2) is 0 Å². The molecule has 3 N–H and O–H groups in total. The molecule has 0 aromatic heterocycles. The Labute approximate surface area is 138 Å². The van der Waals surface area contributed by atoms with Crippen molar-refractivity contribution >= 4 is 5.91 Å². The number of hydrogen-bond donors (Lipinski definition) is 2. The van der Waals surface area contributed by atoms with Crippen molar-refractivity contribution in [3.63, 3.8) is 0 Å². The number of benzene rings is 1. The number of carbonyl (C=O) groups excluding carboxylic acids is 1. The van der Waals surface area contributed by atoms with Crippen molar-refractivity contribution in [1.29, 1.82) is 0 Å². The Bertz CT molecular complexity index is 510. The van der Waals surface area contributed by atoms with Crippen LogP contribution in [0.4, 0.5) is 0 Å². The standard InChI is InChI=1S/C18H28N2O3/c1-13(15-4-6-16(22-3)7-5-15)14(2)20-12-18(17(19)21)8-10-23-11-9-18/h4-7,13-14,20H,8-12H2,1-3H3,(H2,19,21)/t13-,14+/m1/s1. The first kappa shape index (κ1) is 17.8. The molecule has 1 amide bonds. The minimum atomic E-state index is -0.480. The summed E-state index contributed by atoms with van der Waals surface area (Å²) in [6.07, 6.45) is 1.39. The van der Waals surface area contributed by atoms with Crippen LogP contribution in [-0.4, -0.2) is 38.8 Å². The number of primary amides is 1. The van der Waals surface area contributed by atoms with E-state index in [1.54, 1.807) is 7.11 Å². The summed E-state index contributed by atoms with van der Waals surface area (Å²) < 4.78 is 10.6. The van der Waals surface area contributed by atoms with Crippen molar-refractivity contribution in [2.75, 3.05) is 26.9 Å². The topological polar surface area (TPSA) is 73.6 Å². The second-order valence-electron chi connectivity index (χ2n) is 6.49. The van der Waals surface area contributed by atoms with Crippen LogP contribution in [0.1, 0.15) is 38.2 Å². The normalized spacial score (nSPS) is 19.8. The second-order valence-corrected chi connectivity index (χ2v) is 6.49. The van der Waals surface area contributed by atoms with E-state index < -0.39 is 5.41 Å². The van der Waals surface area contributed by atoms with E-state index >= 15 is 0 Å². The van der Waals surface area contributed by atoms with Crippen LogP contribution >= 0.6 is 0 Å². The summed E-state index contributed by atoms with van der Waals surface area (Å²) in [6.45, 7) is 6.14. The zero-order chi connectivity index (χ0) is 16.9. The molecule has 0 radical (unpaired) electrons. The zero-order valence-electron chi connectivity index (χ0n) is 14.3. The largest absolute Gasteiger partial charge is 0.497 e. The molecule has 1 aromatic rings. The molecular weight excluding hydrogens is 292 g/mol. The molecule has 0 spiro atoms. The van der Waals surface area contributed by atoms with Gasteiger partial charge in [-0.05, 0) is 43.4 Å². The van der Waals surface area contributed by atoms with Crippen molar-refractivity contribution < 1.29 is 14.3 Å². The van der Waals surface area contributed by atoms with Crippen LogP contribution < -0.4 is 15.8 Å². The Morgan fingerprint density at radius 2 is 1.91 bits per heavy atom. The van der Waals surface area contributed by atoms with Gasteiger partial charge in [0, 0.05) is 25.8 Å². The molecule has 1 fully saturated rings. The van der Waals surface area contributed by atoms with E-state index in [1.807, 2.05) is 12.1 Å². The highest BCUT2D eigenvalue weighted by atomic mass is 16.5. The Balaban J connectivity index is 1.96. The SMILES string of the molecule is COc1ccc([C@H](C)[C@H](C)NCC2(C(N)=O)CCOCC2)cc1. The molecule has 1 aliphatic heterocycles. The summed E-state index contributed by atoms with van der Waals surface area (Å²) in [4.78, 5) is 11.9. The molecular formula is C18H28N2O3. The molecule has 128 valence electrons. The quantitative estimate of drug-likeness (QED) is 0.806. The average Bonchev–Trinajstić information content (AvgIpc) is 2.59. The third-order valence-electron chi connectivity index (χ3n) is 5.13. The van der Waals surface area contributed by atoms with E-state index in [-0.39, 0.29) is 11.9 Å². The minimum Gasteiger partial charge on any atom is -0.497 e. The highest BCUT2D eigenvalue weighted by molar-refractivity contribution is 5.81. The molecule has 0 aliphatic carbocycles. The van der Waals surface area contributed by atoms with Crippen molar-refractivity contribution in [2.45, 2.75) is 38.6 Å². The maximum Gasteiger partial charge on any atom is 0.225 e. The maximum absolute atomic E-state index is 11.9. The smallest absolute Gasteiger partial charge is 0.225 e. The summed E-state index contributed by atoms with van der Waals surface area (Å²) in [5, 5.41) is 3.51. The summed E-state index contributed by atoms with van der Waals surface area (Å²) in [7, 11) is 1.67. The molecule has 2 atom stereocenters. The van der Waals surface area contributed by atoms with E-state index in [1.165, 1.54) is 5.56 Å². The molecule has 0 bridgehead atoms. The highest BCUT2D eigenvalue weighted by Gasteiger charge is 2.38. The summed E-state index contributed by atoms with van der Waals surface area (Å²) in [5.41, 5.74) is 6.42. The first-order valence-electron chi connectivity index (χ1n) is 8.23. The van der Waals surface area contributed by atoms with E-state index in [4.69, 9.17) is 15.2 Å². The summed E-state index contributed by atoms with van der Waals surface area (Å²) in [6, 6.07) is 8.35. The summed E-state index contributed by atoms with van der Waals surface area (Å²) >= 11 is 0. The summed E-state index contributed by atoms with van der Waals surface area (Å²) in [5.74, 6) is 0.958. The van der Waals surface area contributed by atoms with Crippen molar-refractivity contribution in [1.82, 2.24) is 5.32 Å². The van der Waals surface area contributed by atoms with Gasteiger partial charge in [0.1, 0.15) is 5.75 Å². The monoisotopic (exact) mass is 320 g/mol. The molecule has 23 heavy (non-hydrogen) atoms. The lowest BCUT2D eigenvalue weighted by atomic mass is 9.79. The van der Waals surface area contributed by atoms with Crippen LogP contribution in [0.2, 0.25) is 0 Å². The van der Waals surface area contributed by atoms with Crippen molar-refractivity contribution in [3.05, 3.63) is 29.8 Å². The van der Waals surface area contributed by atoms with Gasteiger partial charge in [0.2, 0.25) is 5.91 Å². The molecule has 0 unspecified atom stereocenters. The van der Waals surface area contributed by atoms with E-state index in [0.29, 0.717) is 38.5 Å². The van der Waals surface area contributed by atoms with Crippen LogP contribution in [0.25, 0.3) is 0 Å². The predicted molar refractivity (Wildman–Crippen MR) is 90.6 cm³/mol.